The molecule has 0 saturated heterocycles. The molecule has 98 valence electrons. The van der Waals surface area contributed by atoms with Crippen molar-refractivity contribution in [1.29, 1.82) is 0 Å². The molecular weight excluding hydrogens is 222 g/mol. The third kappa shape index (κ3) is 2.03. The van der Waals surface area contributed by atoms with Crippen molar-refractivity contribution in [3.05, 3.63) is 29.3 Å². The fourth-order valence-corrected chi connectivity index (χ4v) is 3.26. The minimum absolute atomic E-state index is 0.0255. The molecule has 2 nitrogen and oxygen atoms in total. The molecule has 2 N–H and O–H groups in total. The highest BCUT2D eigenvalue weighted by Gasteiger charge is 2.33. The van der Waals surface area contributed by atoms with Crippen LogP contribution >= 0.6 is 0 Å². The molecule has 0 aromatic heterocycles. The fraction of sp³-hybridized carbons (Fsp3) is 0.625. The highest BCUT2D eigenvalue weighted by Crippen LogP contribution is 2.40. The molecule has 0 spiro atoms. The monoisotopic (exact) mass is 245 g/mol. The molecule has 1 aliphatic carbocycles. The van der Waals surface area contributed by atoms with E-state index in [9.17, 15) is 0 Å². The van der Waals surface area contributed by atoms with E-state index in [0.29, 0.717) is 0 Å². The molecule has 1 aromatic carbocycles. The average Bonchev–Trinajstić information content (AvgIpc) is 2.76. The lowest BCUT2D eigenvalue weighted by molar-refractivity contribution is 0.0846. The molecule has 0 amide bonds. The van der Waals surface area contributed by atoms with Crippen molar-refractivity contribution in [2.75, 3.05) is 0 Å². The SMILES string of the molecule is CC1(C)CCc2cc(C3(N)CCCC3)ccc2O1. The maximum Gasteiger partial charge on any atom is 0.123 e. The average molecular weight is 245 g/mol. The van der Waals surface area contributed by atoms with E-state index >= 15 is 0 Å². The predicted molar refractivity (Wildman–Crippen MR) is 73.8 cm³/mol. The number of ether oxygens (including phenoxy) is 1. The minimum atomic E-state index is -0.0814. The van der Waals surface area contributed by atoms with Crippen LogP contribution in [-0.2, 0) is 12.0 Å². The first kappa shape index (κ1) is 12.0. The smallest absolute Gasteiger partial charge is 0.123 e. The molecule has 18 heavy (non-hydrogen) atoms. The standard InChI is InChI=1S/C16H23NO/c1-15(2)10-7-12-11-13(5-6-14(12)18-15)16(17)8-3-4-9-16/h5-6,11H,3-4,7-10,17H2,1-2H3. The van der Waals surface area contributed by atoms with E-state index in [0.717, 1.165) is 31.4 Å². The number of nitrogens with two attached hydrogens (primary N) is 1. The van der Waals surface area contributed by atoms with E-state index < -0.39 is 0 Å². The summed E-state index contributed by atoms with van der Waals surface area (Å²) >= 11 is 0. The Kier molecular flexibility index (Phi) is 2.67. The number of rotatable bonds is 1. The first-order valence-electron chi connectivity index (χ1n) is 7.10. The van der Waals surface area contributed by atoms with Crippen LogP contribution in [0.4, 0.5) is 0 Å². The molecular formula is C16H23NO. The summed E-state index contributed by atoms with van der Waals surface area (Å²) in [6.07, 6.45) is 6.96. The largest absolute Gasteiger partial charge is 0.488 e. The van der Waals surface area contributed by atoms with Crippen molar-refractivity contribution in [3.8, 4) is 5.75 Å². The second-order valence-corrected chi connectivity index (χ2v) is 6.55. The molecule has 0 radical (unpaired) electrons. The molecule has 1 fully saturated rings. The Balaban J connectivity index is 1.93. The molecule has 1 saturated carbocycles. The van der Waals surface area contributed by atoms with Crippen LogP contribution in [0, 0.1) is 0 Å². The van der Waals surface area contributed by atoms with Crippen LogP contribution in [0.2, 0.25) is 0 Å². The lowest BCUT2D eigenvalue weighted by atomic mass is 9.86. The summed E-state index contributed by atoms with van der Waals surface area (Å²) in [5.41, 5.74) is 9.06. The Morgan fingerprint density at radius 1 is 1.11 bits per heavy atom. The molecule has 1 aliphatic heterocycles. The van der Waals surface area contributed by atoms with Gasteiger partial charge in [-0.25, -0.2) is 0 Å². The van der Waals surface area contributed by atoms with Gasteiger partial charge in [0, 0.05) is 5.54 Å². The van der Waals surface area contributed by atoms with Gasteiger partial charge in [-0.1, -0.05) is 25.0 Å². The Morgan fingerprint density at radius 3 is 2.56 bits per heavy atom. The van der Waals surface area contributed by atoms with Gasteiger partial charge >= 0.3 is 0 Å². The third-order valence-electron chi connectivity index (χ3n) is 4.51. The van der Waals surface area contributed by atoms with Crippen molar-refractivity contribution in [2.24, 2.45) is 5.73 Å². The van der Waals surface area contributed by atoms with Crippen molar-refractivity contribution in [3.63, 3.8) is 0 Å². The highest BCUT2D eigenvalue weighted by atomic mass is 16.5. The van der Waals surface area contributed by atoms with E-state index in [4.69, 9.17) is 10.5 Å². The molecule has 2 heteroatoms. The Morgan fingerprint density at radius 2 is 1.83 bits per heavy atom. The number of hydrogen-bond acceptors (Lipinski definition) is 2. The van der Waals surface area contributed by atoms with E-state index in [1.807, 2.05) is 0 Å². The van der Waals surface area contributed by atoms with E-state index in [2.05, 4.69) is 32.0 Å². The van der Waals surface area contributed by atoms with E-state index in [-0.39, 0.29) is 11.1 Å². The lowest BCUT2D eigenvalue weighted by Crippen LogP contribution is -2.35. The van der Waals surface area contributed by atoms with Gasteiger partial charge in [-0.05, 0) is 56.7 Å². The molecule has 0 atom stereocenters. The molecule has 3 rings (SSSR count). The van der Waals surface area contributed by atoms with Crippen LogP contribution in [0.3, 0.4) is 0 Å². The summed E-state index contributed by atoms with van der Waals surface area (Å²) < 4.78 is 6.03. The first-order valence-corrected chi connectivity index (χ1v) is 7.10. The second kappa shape index (κ2) is 3.99. The normalized spacial score (nSPS) is 24.4. The second-order valence-electron chi connectivity index (χ2n) is 6.55. The molecule has 1 heterocycles. The van der Waals surface area contributed by atoms with Gasteiger partial charge in [-0.3, -0.25) is 0 Å². The van der Waals surface area contributed by atoms with Crippen LogP contribution in [-0.4, -0.2) is 5.60 Å². The maximum atomic E-state index is 6.53. The topological polar surface area (TPSA) is 35.2 Å². The highest BCUT2D eigenvalue weighted by molar-refractivity contribution is 5.42. The summed E-state index contributed by atoms with van der Waals surface area (Å²) in [6.45, 7) is 4.32. The van der Waals surface area contributed by atoms with Crippen molar-refractivity contribution >= 4 is 0 Å². The Labute approximate surface area is 110 Å². The third-order valence-corrected chi connectivity index (χ3v) is 4.51. The van der Waals surface area contributed by atoms with Gasteiger partial charge in [0.15, 0.2) is 0 Å². The zero-order valence-corrected chi connectivity index (χ0v) is 11.5. The van der Waals surface area contributed by atoms with Gasteiger partial charge in [-0.2, -0.15) is 0 Å². The van der Waals surface area contributed by atoms with Crippen LogP contribution in [0.25, 0.3) is 0 Å². The summed E-state index contributed by atoms with van der Waals surface area (Å²) in [7, 11) is 0. The summed E-state index contributed by atoms with van der Waals surface area (Å²) in [6, 6.07) is 6.58. The van der Waals surface area contributed by atoms with Crippen molar-refractivity contribution in [1.82, 2.24) is 0 Å². The van der Waals surface area contributed by atoms with Gasteiger partial charge in [0.2, 0.25) is 0 Å². The van der Waals surface area contributed by atoms with Crippen LogP contribution < -0.4 is 10.5 Å². The maximum absolute atomic E-state index is 6.53. The summed E-state index contributed by atoms with van der Waals surface area (Å²) in [4.78, 5) is 0. The van der Waals surface area contributed by atoms with E-state index in [1.54, 1.807) is 0 Å². The summed E-state index contributed by atoms with van der Waals surface area (Å²) in [5.74, 6) is 1.05. The van der Waals surface area contributed by atoms with Gasteiger partial charge in [-0.15, -0.1) is 0 Å². The molecule has 1 aromatic rings. The Hall–Kier alpha value is -1.02. The van der Waals surface area contributed by atoms with Crippen LogP contribution in [0.5, 0.6) is 5.75 Å². The summed E-state index contributed by atoms with van der Waals surface area (Å²) in [5, 5.41) is 0. The van der Waals surface area contributed by atoms with Gasteiger partial charge in [0.25, 0.3) is 0 Å². The van der Waals surface area contributed by atoms with Crippen molar-refractivity contribution < 1.29 is 4.74 Å². The fourth-order valence-electron chi connectivity index (χ4n) is 3.26. The number of hydrogen-bond donors (Lipinski definition) is 1. The lowest BCUT2D eigenvalue weighted by Gasteiger charge is -2.34. The number of fused-ring (bicyclic) bond motifs is 1. The van der Waals surface area contributed by atoms with Gasteiger partial charge in [0.05, 0.1) is 0 Å². The van der Waals surface area contributed by atoms with Gasteiger partial charge < -0.3 is 10.5 Å². The van der Waals surface area contributed by atoms with Crippen LogP contribution in [0.1, 0.15) is 57.1 Å². The first-order chi connectivity index (χ1) is 8.49. The van der Waals surface area contributed by atoms with E-state index in [1.165, 1.54) is 24.0 Å². The molecule has 0 unspecified atom stereocenters. The zero-order valence-electron chi connectivity index (χ0n) is 11.5. The Bertz CT molecular complexity index is 458. The molecule has 0 bridgehead atoms. The number of benzene rings is 1. The zero-order chi connectivity index (χ0) is 12.8. The minimum Gasteiger partial charge on any atom is -0.488 e. The van der Waals surface area contributed by atoms with Crippen LogP contribution in [0.15, 0.2) is 18.2 Å². The predicted octanol–water partition coefficient (Wildman–Crippen LogP) is 3.52. The number of aryl methyl sites for hydroxylation is 1. The molecule has 2 aliphatic rings. The van der Waals surface area contributed by atoms with Gasteiger partial charge in [0.1, 0.15) is 11.4 Å². The van der Waals surface area contributed by atoms with Crippen molar-refractivity contribution in [2.45, 2.75) is 63.5 Å². The quantitative estimate of drug-likeness (QED) is 0.821.